The number of carboxylic acids is 2. The number of hydrogen-bond donors (Lipinski definition) is 4. The Balaban J connectivity index is 0.000000493. The lowest BCUT2D eigenvalue weighted by atomic mass is 9.50. The van der Waals surface area contributed by atoms with Crippen molar-refractivity contribution in [2.45, 2.75) is 71.1 Å². The molecule has 0 amide bonds. The fraction of sp³-hybridized carbons (Fsp3) is 0.556. The molecule has 1 aromatic rings. The smallest absolute Gasteiger partial charge is 0.328 e. The maximum absolute atomic E-state index is 9.80. The predicted octanol–water partition coefficient (Wildman–Crippen LogP) is 4.52. The molecule has 0 radical (unpaired) electrons. The molecule has 0 saturated heterocycles. The van der Waals surface area contributed by atoms with Gasteiger partial charge >= 0.3 is 11.9 Å². The number of carbonyl (C=O) groups is 2. The van der Waals surface area contributed by atoms with Gasteiger partial charge in [0.05, 0.1) is 5.71 Å². The van der Waals surface area contributed by atoms with E-state index in [1.165, 1.54) is 11.1 Å². The quantitative estimate of drug-likeness (QED) is 0.134. The van der Waals surface area contributed by atoms with Crippen LogP contribution in [0.2, 0.25) is 0 Å². The van der Waals surface area contributed by atoms with Crippen LogP contribution in [0.15, 0.2) is 40.7 Å². The monoisotopic (exact) mass is 501 g/mol. The van der Waals surface area contributed by atoms with Gasteiger partial charge in [0.1, 0.15) is 6.61 Å². The standard InChI is InChI=1S/C23H35N3O2.C4H4O4/c1-16(2)17-7-8-19-18(13-17)20(26-27)14-21-22(3,9-5-10-23(19,21)4)15-25-28-12-6-11-24;5-3(6)1-2-4(7)8/h7-8,13,15-16,21,27H,5-6,9-12,14,24H2,1-4H3;1-2H,(H,5,6)(H,7,8)/b25-15+,26-20+;2-1+/t21?,22-,23-;/m1./s1. The third kappa shape index (κ3) is 6.94. The van der Waals surface area contributed by atoms with E-state index in [9.17, 15) is 14.8 Å². The van der Waals surface area contributed by atoms with Gasteiger partial charge in [-0.25, -0.2) is 9.59 Å². The molecule has 0 aromatic heterocycles. The van der Waals surface area contributed by atoms with Crippen LogP contribution in [0.5, 0.6) is 0 Å². The van der Waals surface area contributed by atoms with Crippen LogP contribution in [-0.2, 0) is 19.8 Å². The first kappa shape index (κ1) is 29.0. The van der Waals surface area contributed by atoms with Crippen molar-refractivity contribution >= 4 is 23.9 Å². The molecule has 9 nitrogen and oxygen atoms in total. The predicted molar refractivity (Wildman–Crippen MR) is 139 cm³/mol. The summed E-state index contributed by atoms with van der Waals surface area (Å²) in [6.07, 6.45) is 8.03. The summed E-state index contributed by atoms with van der Waals surface area (Å²) in [4.78, 5) is 24.5. The van der Waals surface area contributed by atoms with Crippen LogP contribution in [0.25, 0.3) is 0 Å². The van der Waals surface area contributed by atoms with E-state index in [0.29, 0.717) is 37.1 Å². The highest BCUT2D eigenvalue weighted by Crippen LogP contribution is 2.56. The van der Waals surface area contributed by atoms with E-state index in [1.807, 2.05) is 6.21 Å². The van der Waals surface area contributed by atoms with Gasteiger partial charge in [-0.15, -0.1) is 0 Å². The number of fused-ring (bicyclic) bond motifs is 3. The molecule has 0 bridgehead atoms. The fourth-order valence-electron chi connectivity index (χ4n) is 5.40. The molecule has 1 unspecified atom stereocenters. The molecular weight excluding hydrogens is 462 g/mol. The molecule has 9 heteroatoms. The maximum atomic E-state index is 9.80. The zero-order valence-electron chi connectivity index (χ0n) is 21.6. The van der Waals surface area contributed by atoms with Crippen LogP contribution in [0.1, 0.15) is 82.4 Å². The lowest BCUT2D eigenvalue weighted by Crippen LogP contribution is -2.51. The van der Waals surface area contributed by atoms with Crippen LogP contribution in [0.3, 0.4) is 0 Å². The molecular formula is C27H39N3O6. The van der Waals surface area contributed by atoms with Crippen LogP contribution >= 0.6 is 0 Å². The summed E-state index contributed by atoms with van der Waals surface area (Å²) in [6.45, 7) is 10.2. The van der Waals surface area contributed by atoms with Crippen molar-refractivity contribution in [2.24, 2.45) is 27.4 Å². The minimum absolute atomic E-state index is 0.0370. The van der Waals surface area contributed by atoms with E-state index in [0.717, 1.165) is 43.4 Å². The molecule has 0 heterocycles. The van der Waals surface area contributed by atoms with Crippen molar-refractivity contribution in [1.82, 2.24) is 0 Å². The van der Waals surface area contributed by atoms with Gasteiger partial charge in [-0.1, -0.05) is 56.6 Å². The summed E-state index contributed by atoms with van der Waals surface area (Å²) < 4.78 is 0. The van der Waals surface area contributed by atoms with Crippen molar-refractivity contribution in [3.05, 3.63) is 47.0 Å². The van der Waals surface area contributed by atoms with Gasteiger partial charge in [0.2, 0.25) is 0 Å². The van der Waals surface area contributed by atoms with Crippen molar-refractivity contribution in [2.75, 3.05) is 13.2 Å². The number of hydrogen-bond acceptors (Lipinski definition) is 7. The normalized spacial score (nSPS) is 26.4. The van der Waals surface area contributed by atoms with Gasteiger partial charge in [0.15, 0.2) is 0 Å². The Morgan fingerprint density at radius 2 is 1.86 bits per heavy atom. The molecule has 198 valence electrons. The van der Waals surface area contributed by atoms with E-state index in [-0.39, 0.29) is 10.8 Å². The number of rotatable bonds is 8. The third-order valence-corrected chi connectivity index (χ3v) is 7.36. The number of aliphatic carboxylic acids is 2. The van der Waals surface area contributed by atoms with Gasteiger partial charge in [-0.2, -0.15) is 0 Å². The summed E-state index contributed by atoms with van der Waals surface area (Å²) in [5.74, 6) is -1.75. The summed E-state index contributed by atoms with van der Waals surface area (Å²) in [5, 5.41) is 33.4. The number of benzene rings is 1. The zero-order chi connectivity index (χ0) is 26.9. The third-order valence-electron chi connectivity index (χ3n) is 7.36. The fourth-order valence-corrected chi connectivity index (χ4v) is 5.40. The Morgan fingerprint density at radius 3 is 2.42 bits per heavy atom. The molecule has 3 atom stereocenters. The SMILES string of the molecule is CC(C)c1ccc2c(c1)/C(=N/O)CC1[C@@](C)(/C=N/OCCCN)CCC[C@]21C.O=C(O)/C=C/C(=O)O. The van der Waals surface area contributed by atoms with E-state index >= 15 is 0 Å². The molecule has 0 spiro atoms. The Morgan fingerprint density at radius 1 is 1.19 bits per heavy atom. The molecule has 1 saturated carbocycles. The van der Waals surface area contributed by atoms with Crippen molar-refractivity contribution in [1.29, 1.82) is 0 Å². The van der Waals surface area contributed by atoms with Crippen molar-refractivity contribution < 1.29 is 29.8 Å². The lowest BCUT2D eigenvalue weighted by Gasteiger charge is -2.54. The summed E-state index contributed by atoms with van der Waals surface area (Å²) in [7, 11) is 0. The van der Waals surface area contributed by atoms with E-state index in [1.54, 1.807) is 0 Å². The minimum atomic E-state index is -1.26. The first-order valence-electron chi connectivity index (χ1n) is 12.3. The Kier molecular flexibility index (Phi) is 10.2. The number of carboxylic acid groups (broad SMARTS) is 2. The maximum Gasteiger partial charge on any atom is 0.328 e. The van der Waals surface area contributed by atoms with Crippen molar-refractivity contribution in [3.63, 3.8) is 0 Å². The lowest BCUT2D eigenvalue weighted by molar-refractivity contribution is -0.134. The van der Waals surface area contributed by atoms with E-state index < -0.39 is 11.9 Å². The number of oxime groups is 2. The second-order valence-electron chi connectivity index (χ2n) is 10.3. The topological polar surface area (TPSA) is 155 Å². The number of nitrogens with two attached hydrogens (primary N) is 1. The average molecular weight is 502 g/mol. The van der Waals surface area contributed by atoms with Crippen LogP contribution in [0.4, 0.5) is 0 Å². The average Bonchev–Trinajstić information content (AvgIpc) is 2.82. The summed E-state index contributed by atoms with van der Waals surface area (Å²) in [6, 6.07) is 6.73. The molecule has 5 N–H and O–H groups in total. The molecule has 2 aliphatic rings. The van der Waals surface area contributed by atoms with Crippen LogP contribution in [-0.4, -0.2) is 52.4 Å². The van der Waals surface area contributed by atoms with E-state index in [2.05, 4.69) is 56.2 Å². The second kappa shape index (κ2) is 12.7. The van der Waals surface area contributed by atoms with E-state index in [4.69, 9.17) is 20.8 Å². The molecule has 0 aliphatic heterocycles. The molecule has 36 heavy (non-hydrogen) atoms. The highest BCUT2D eigenvalue weighted by Gasteiger charge is 2.53. The Labute approximate surface area is 212 Å². The number of nitrogens with zero attached hydrogens (tertiary/aromatic N) is 2. The van der Waals surface area contributed by atoms with Gasteiger partial charge in [-0.05, 0) is 66.7 Å². The van der Waals surface area contributed by atoms with Gasteiger partial charge in [0, 0.05) is 29.3 Å². The summed E-state index contributed by atoms with van der Waals surface area (Å²) in [5.41, 5.74) is 9.97. The highest BCUT2D eigenvalue weighted by molar-refractivity contribution is 6.03. The van der Waals surface area contributed by atoms with Gasteiger partial charge < -0.3 is 26.0 Å². The first-order chi connectivity index (χ1) is 17.0. The summed E-state index contributed by atoms with van der Waals surface area (Å²) >= 11 is 0. The Hall–Kier alpha value is -3.20. The van der Waals surface area contributed by atoms with Gasteiger partial charge in [-0.3, -0.25) is 0 Å². The molecule has 1 fully saturated rings. The van der Waals surface area contributed by atoms with Crippen LogP contribution < -0.4 is 5.73 Å². The molecule has 2 aliphatic carbocycles. The van der Waals surface area contributed by atoms with Crippen molar-refractivity contribution in [3.8, 4) is 0 Å². The molecule has 3 rings (SSSR count). The minimum Gasteiger partial charge on any atom is -0.478 e. The second-order valence-corrected chi connectivity index (χ2v) is 10.3. The zero-order valence-corrected chi connectivity index (χ0v) is 21.6. The largest absolute Gasteiger partial charge is 0.478 e. The highest BCUT2D eigenvalue weighted by atomic mass is 16.6. The van der Waals surface area contributed by atoms with Crippen LogP contribution in [0, 0.1) is 11.3 Å². The molecule has 1 aromatic carbocycles. The first-order valence-corrected chi connectivity index (χ1v) is 12.3. The Bertz CT molecular complexity index is 1000. The van der Waals surface area contributed by atoms with Gasteiger partial charge in [0.25, 0.3) is 0 Å².